The zero-order chi connectivity index (χ0) is 16.2. The van der Waals surface area contributed by atoms with Gasteiger partial charge in [-0.25, -0.2) is 0 Å². The Balaban J connectivity index is 1.56. The number of ether oxygens (including phenoxy) is 1. The Kier molecular flexibility index (Phi) is 5.21. The zero-order valence-electron chi connectivity index (χ0n) is 14.3. The molecular weight excluding hydrogens is 288 g/mol. The standard InChI is InChI=1S/C19H28N2O2/c1-15-5-3-7-17(13-15)20-9-11-21(12-10-20)19(22)16-6-4-8-18(14-16)23-2/h4,6,8,14-15,17H,3,5,7,9-13H2,1-2H3. The van der Waals surface area contributed by atoms with Gasteiger partial charge in [-0.05, 0) is 37.0 Å². The van der Waals surface area contributed by atoms with Gasteiger partial charge in [0, 0.05) is 37.8 Å². The highest BCUT2D eigenvalue weighted by molar-refractivity contribution is 5.94. The smallest absolute Gasteiger partial charge is 0.254 e. The highest BCUT2D eigenvalue weighted by atomic mass is 16.5. The molecule has 1 saturated heterocycles. The van der Waals surface area contributed by atoms with E-state index in [2.05, 4.69) is 11.8 Å². The second-order valence-corrected chi connectivity index (χ2v) is 6.99. The lowest BCUT2D eigenvalue weighted by Gasteiger charge is -2.42. The van der Waals surface area contributed by atoms with Gasteiger partial charge in [0.15, 0.2) is 0 Å². The van der Waals surface area contributed by atoms with Crippen molar-refractivity contribution in [2.45, 2.75) is 38.6 Å². The van der Waals surface area contributed by atoms with Crippen LogP contribution < -0.4 is 4.74 Å². The van der Waals surface area contributed by atoms with Crippen LogP contribution in [-0.2, 0) is 0 Å². The zero-order valence-corrected chi connectivity index (χ0v) is 14.3. The number of carbonyl (C=O) groups excluding carboxylic acids is 1. The van der Waals surface area contributed by atoms with Crippen LogP contribution in [0.25, 0.3) is 0 Å². The first-order valence-electron chi connectivity index (χ1n) is 8.84. The van der Waals surface area contributed by atoms with E-state index in [9.17, 15) is 4.79 Å². The minimum absolute atomic E-state index is 0.126. The maximum atomic E-state index is 12.7. The van der Waals surface area contributed by atoms with Crippen LogP contribution in [0.5, 0.6) is 5.75 Å². The number of methoxy groups -OCH3 is 1. The number of hydrogen-bond donors (Lipinski definition) is 0. The van der Waals surface area contributed by atoms with E-state index in [4.69, 9.17) is 4.74 Å². The number of nitrogens with zero attached hydrogens (tertiary/aromatic N) is 2. The molecule has 1 aromatic carbocycles. The number of benzene rings is 1. The van der Waals surface area contributed by atoms with Gasteiger partial charge in [-0.1, -0.05) is 25.8 Å². The Morgan fingerprint density at radius 3 is 2.65 bits per heavy atom. The molecule has 23 heavy (non-hydrogen) atoms. The molecular formula is C19H28N2O2. The Morgan fingerprint density at radius 1 is 1.17 bits per heavy atom. The first-order chi connectivity index (χ1) is 11.2. The van der Waals surface area contributed by atoms with Crippen molar-refractivity contribution in [3.63, 3.8) is 0 Å². The number of carbonyl (C=O) groups is 1. The number of rotatable bonds is 3. The molecule has 0 spiro atoms. The van der Waals surface area contributed by atoms with Gasteiger partial charge in [-0.2, -0.15) is 0 Å². The van der Waals surface area contributed by atoms with Gasteiger partial charge in [-0.15, -0.1) is 0 Å². The normalized spacial score (nSPS) is 26.1. The lowest BCUT2D eigenvalue weighted by molar-refractivity contribution is 0.0489. The van der Waals surface area contributed by atoms with Crippen LogP contribution in [0.2, 0.25) is 0 Å². The maximum Gasteiger partial charge on any atom is 0.254 e. The SMILES string of the molecule is COc1cccc(C(=O)N2CCN(C3CCCC(C)C3)CC2)c1. The third-order valence-corrected chi connectivity index (χ3v) is 5.34. The molecule has 1 aliphatic carbocycles. The summed E-state index contributed by atoms with van der Waals surface area (Å²) in [5.41, 5.74) is 0.726. The first-order valence-corrected chi connectivity index (χ1v) is 8.84. The van der Waals surface area contributed by atoms with Gasteiger partial charge in [-0.3, -0.25) is 9.69 Å². The summed E-state index contributed by atoms with van der Waals surface area (Å²) in [6, 6.07) is 8.19. The van der Waals surface area contributed by atoms with Crippen LogP contribution in [0, 0.1) is 5.92 Å². The fourth-order valence-electron chi connectivity index (χ4n) is 3.96. The molecule has 2 aliphatic rings. The number of piperazine rings is 1. The molecule has 1 aromatic rings. The second-order valence-electron chi connectivity index (χ2n) is 6.99. The van der Waals surface area contributed by atoms with Crippen LogP contribution >= 0.6 is 0 Å². The van der Waals surface area contributed by atoms with E-state index >= 15 is 0 Å². The van der Waals surface area contributed by atoms with Crippen LogP contribution in [0.4, 0.5) is 0 Å². The number of hydrogen-bond acceptors (Lipinski definition) is 3. The Labute approximate surface area is 139 Å². The van der Waals surface area contributed by atoms with E-state index in [1.807, 2.05) is 29.2 Å². The summed E-state index contributed by atoms with van der Waals surface area (Å²) in [4.78, 5) is 17.2. The van der Waals surface area contributed by atoms with E-state index in [0.29, 0.717) is 0 Å². The monoisotopic (exact) mass is 316 g/mol. The highest BCUT2D eigenvalue weighted by Gasteiger charge is 2.29. The van der Waals surface area contributed by atoms with Gasteiger partial charge in [0.25, 0.3) is 5.91 Å². The average molecular weight is 316 g/mol. The lowest BCUT2D eigenvalue weighted by Crippen LogP contribution is -2.52. The summed E-state index contributed by atoms with van der Waals surface area (Å²) in [5.74, 6) is 1.72. The molecule has 3 rings (SSSR count). The predicted molar refractivity (Wildman–Crippen MR) is 91.9 cm³/mol. The van der Waals surface area contributed by atoms with Crippen LogP contribution in [0.3, 0.4) is 0 Å². The van der Waals surface area contributed by atoms with Gasteiger partial charge in [0.05, 0.1) is 7.11 Å². The van der Waals surface area contributed by atoms with Crippen molar-refractivity contribution in [1.82, 2.24) is 9.80 Å². The van der Waals surface area contributed by atoms with Gasteiger partial charge in [0.2, 0.25) is 0 Å². The third kappa shape index (κ3) is 3.86. The molecule has 0 N–H and O–H groups in total. The second kappa shape index (κ2) is 7.35. The summed E-state index contributed by atoms with van der Waals surface area (Å²) < 4.78 is 5.22. The van der Waals surface area contributed by atoms with Crippen molar-refractivity contribution in [2.24, 2.45) is 5.92 Å². The van der Waals surface area contributed by atoms with Crippen molar-refractivity contribution in [3.8, 4) is 5.75 Å². The molecule has 126 valence electrons. The van der Waals surface area contributed by atoms with Crippen LogP contribution in [0.15, 0.2) is 24.3 Å². The summed E-state index contributed by atoms with van der Waals surface area (Å²) >= 11 is 0. The summed E-state index contributed by atoms with van der Waals surface area (Å²) in [6.07, 6.45) is 5.39. The summed E-state index contributed by atoms with van der Waals surface area (Å²) in [5, 5.41) is 0. The van der Waals surface area contributed by atoms with Gasteiger partial charge >= 0.3 is 0 Å². The summed E-state index contributed by atoms with van der Waals surface area (Å²) in [6.45, 7) is 6.05. The van der Waals surface area contributed by atoms with E-state index in [-0.39, 0.29) is 5.91 Å². The molecule has 4 nitrogen and oxygen atoms in total. The third-order valence-electron chi connectivity index (χ3n) is 5.34. The molecule has 4 heteroatoms. The molecule has 2 unspecified atom stereocenters. The van der Waals surface area contributed by atoms with Crippen molar-refractivity contribution in [1.29, 1.82) is 0 Å². The van der Waals surface area contributed by atoms with Crippen molar-refractivity contribution in [2.75, 3.05) is 33.3 Å². The Bertz CT molecular complexity index is 538. The van der Waals surface area contributed by atoms with Crippen molar-refractivity contribution in [3.05, 3.63) is 29.8 Å². The Morgan fingerprint density at radius 2 is 1.96 bits per heavy atom. The lowest BCUT2D eigenvalue weighted by atomic mass is 9.86. The molecule has 0 aromatic heterocycles. The van der Waals surface area contributed by atoms with Gasteiger partial charge in [0.1, 0.15) is 5.75 Å². The fourth-order valence-corrected chi connectivity index (χ4v) is 3.96. The minimum Gasteiger partial charge on any atom is -0.497 e. The molecule has 0 radical (unpaired) electrons. The van der Waals surface area contributed by atoms with Crippen molar-refractivity contribution >= 4 is 5.91 Å². The topological polar surface area (TPSA) is 32.8 Å². The summed E-state index contributed by atoms with van der Waals surface area (Å²) in [7, 11) is 1.63. The fraction of sp³-hybridized carbons (Fsp3) is 0.632. The molecule has 1 saturated carbocycles. The molecule has 2 fully saturated rings. The molecule has 2 atom stereocenters. The van der Waals surface area contributed by atoms with Crippen LogP contribution in [-0.4, -0.2) is 55.0 Å². The quantitative estimate of drug-likeness (QED) is 0.859. The molecule has 1 aliphatic heterocycles. The van der Waals surface area contributed by atoms with E-state index in [1.54, 1.807) is 7.11 Å². The van der Waals surface area contributed by atoms with Crippen LogP contribution in [0.1, 0.15) is 43.0 Å². The van der Waals surface area contributed by atoms with E-state index < -0.39 is 0 Å². The minimum atomic E-state index is 0.126. The Hall–Kier alpha value is -1.55. The molecule has 1 heterocycles. The predicted octanol–water partition coefficient (Wildman–Crippen LogP) is 3.03. The largest absolute Gasteiger partial charge is 0.497 e. The average Bonchev–Trinajstić information content (AvgIpc) is 2.61. The molecule has 0 bridgehead atoms. The van der Waals surface area contributed by atoms with E-state index in [0.717, 1.165) is 49.5 Å². The molecule has 1 amide bonds. The van der Waals surface area contributed by atoms with E-state index in [1.165, 1.54) is 25.7 Å². The highest BCUT2D eigenvalue weighted by Crippen LogP contribution is 2.28. The maximum absolute atomic E-state index is 12.7. The van der Waals surface area contributed by atoms with Crippen molar-refractivity contribution < 1.29 is 9.53 Å². The number of amides is 1. The first kappa shape index (κ1) is 16.3. The van der Waals surface area contributed by atoms with Gasteiger partial charge < -0.3 is 9.64 Å².